The third kappa shape index (κ3) is 1.59. The standard InChI is InChI=1S/C17H18N2O2/c1-19-10-11-4-3-5-13-16(11)17(9-15(19)20-2)7-6-12(18)8-14(17)21-13/h3-10,12,16H,18H2,1-2H3. The molecule has 1 saturated heterocycles. The van der Waals surface area contributed by atoms with Gasteiger partial charge in [0, 0.05) is 19.3 Å². The molecule has 0 aromatic rings. The molecule has 0 aromatic heterocycles. The van der Waals surface area contributed by atoms with Crippen molar-refractivity contribution in [1.29, 1.82) is 0 Å². The van der Waals surface area contributed by atoms with Gasteiger partial charge in [0.15, 0.2) is 5.88 Å². The molecule has 1 fully saturated rings. The summed E-state index contributed by atoms with van der Waals surface area (Å²) in [5.74, 6) is 2.82. The quantitative estimate of drug-likeness (QED) is 0.749. The van der Waals surface area contributed by atoms with Crippen molar-refractivity contribution in [2.75, 3.05) is 14.2 Å². The minimum Gasteiger partial charge on any atom is -0.482 e. The van der Waals surface area contributed by atoms with Crippen LogP contribution in [0.25, 0.3) is 0 Å². The van der Waals surface area contributed by atoms with Crippen molar-refractivity contribution in [3.05, 3.63) is 71.7 Å². The monoisotopic (exact) mass is 282 g/mol. The Kier molecular flexibility index (Phi) is 2.48. The summed E-state index contributed by atoms with van der Waals surface area (Å²) >= 11 is 0. The lowest BCUT2D eigenvalue weighted by Gasteiger charge is -2.30. The van der Waals surface area contributed by atoms with Gasteiger partial charge in [-0.1, -0.05) is 24.3 Å². The molecular formula is C17H18N2O2. The number of ether oxygens (including phenoxy) is 2. The van der Waals surface area contributed by atoms with Crippen LogP contribution in [0.1, 0.15) is 0 Å². The molecule has 2 aliphatic heterocycles. The van der Waals surface area contributed by atoms with E-state index in [-0.39, 0.29) is 17.4 Å². The topological polar surface area (TPSA) is 47.7 Å². The van der Waals surface area contributed by atoms with E-state index in [1.807, 2.05) is 36.3 Å². The summed E-state index contributed by atoms with van der Waals surface area (Å²) in [6.45, 7) is 0. The van der Waals surface area contributed by atoms with E-state index in [4.69, 9.17) is 15.2 Å². The highest BCUT2D eigenvalue weighted by Crippen LogP contribution is 2.57. The van der Waals surface area contributed by atoms with Gasteiger partial charge in [0.05, 0.1) is 18.4 Å². The molecule has 1 spiro atoms. The number of nitrogens with two attached hydrogens (primary N) is 1. The summed E-state index contributed by atoms with van der Waals surface area (Å²) in [6, 6.07) is -0.104. The van der Waals surface area contributed by atoms with Crippen LogP contribution in [0.3, 0.4) is 0 Å². The first-order valence-electron chi connectivity index (χ1n) is 7.09. The number of nitrogens with zero attached hydrogens (tertiary/aromatic N) is 1. The Morgan fingerprint density at radius 1 is 1.43 bits per heavy atom. The van der Waals surface area contributed by atoms with Crippen molar-refractivity contribution in [3.8, 4) is 0 Å². The highest BCUT2D eigenvalue weighted by atomic mass is 16.5. The molecule has 21 heavy (non-hydrogen) atoms. The zero-order chi connectivity index (χ0) is 14.6. The van der Waals surface area contributed by atoms with Gasteiger partial charge in [-0.3, -0.25) is 0 Å². The van der Waals surface area contributed by atoms with E-state index in [0.29, 0.717) is 0 Å². The summed E-state index contributed by atoms with van der Waals surface area (Å²) < 4.78 is 11.7. The van der Waals surface area contributed by atoms with Crippen molar-refractivity contribution >= 4 is 0 Å². The summed E-state index contributed by atoms with van der Waals surface area (Å²) in [6.07, 6.45) is 16.6. The van der Waals surface area contributed by atoms with Crippen LogP contribution in [0.4, 0.5) is 0 Å². The fourth-order valence-electron chi connectivity index (χ4n) is 3.55. The molecule has 4 heteroatoms. The van der Waals surface area contributed by atoms with Crippen LogP contribution in [0, 0.1) is 11.3 Å². The van der Waals surface area contributed by atoms with Crippen LogP contribution in [-0.2, 0) is 9.47 Å². The Labute approximate surface area is 124 Å². The molecule has 0 bridgehead atoms. The predicted molar refractivity (Wildman–Crippen MR) is 80.4 cm³/mol. The fraction of sp³-hybridized carbons (Fsp3) is 0.294. The first kappa shape index (κ1) is 12.5. The predicted octanol–water partition coefficient (Wildman–Crippen LogP) is 2.17. The maximum absolute atomic E-state index is 6.11. The molecule has 0 aromatic carbocycles. The molecule has 3 atom stereocenters. The molecule has 2 N–H and O–H groups in total. The first-order valence-corrected chi connectivity index (χ1v) is 7.09. The van der Waals surface area contributed by atoms with Gasteiger partial charge in [0.25, 0.3) is 0 Å². The van der Waals surface area contributed by atoms with Crippen molar-refractivity contribution in [2.45, 2.75) is 6.04 Å². The molecule has 0 amide bonds. The summed E-state index contributed by atoms with van der Waals surface area (Å²) in [7, 11) is 3.69. The van der Waals surface area contributed by atoms with Crippen LogP contribution < -0.4 is 5.73 Å². The van der Waals surface area contributed by atoms with Gasteiger partial charge < -0.3 is 20.1 Å². The van der Waals surface area contributed by atoms with Crippen molar-refractivity contribution in [1.82, 2.24) is 4.90 Å². The molecule has 0 radical (unpaired) electrons. The van der Waals surface area contributed by atoms with Gasteiger partial charge in [-0.2, -0.15) is 0 Å². The highest BCUT2D eigenvalue weighted by Gasteiger charge is 2.53. The third-order valence-electron chi connectivity index (χ3n) is 4.50. The van der Waals surface area contributed by atoms with E-state index in [1.54, 1.807) is 7.11 Å². The van der Waals surface area contributed by atoms with E-state index in [2.05, 4.69) is 24.4 Å². The average Bonchev–Trinajstić information content (AvgIpc) is 2.72. The fourth-order valence-corrected chi connectivity index (χ4v) is 3.55. The third-order valence-corrected chi connectivity index (χ3v) is 4.50. The Bertz CT molecular complexity index is 681. The number of allylic oxidation sites excluding steroid dienone is 5. The van der Waals surface area contributed by atoms with Crippen molar-refractivity contribution in [3.63, 3.8) is 0 Å². The molecule has 3 unspecified atom stereocenters. The van der Waals surface area contributed by atoms with E-state index < -0.39 is 0 Å². The summed E-state index contributed by atoms with van der Waals surface area (Å²) in [5, 5.41) is 0. The zero-order valence-corrected chi connectivity index (χ0v) is 12.1. The second-order valence-electron chi connectivity index (χ2n) is 5.79. The molecule has 108 valence electrons. The minimum absolute atomic E-state index is 0.104. The smallest absolute Gasteiger partial charge is 0.190 e. The molecule has 4 rings (SSSR count). The normalized spacial score (nSPS) is 35.7. The summed E-state index contributed by atoms with van der Waals surface area (Å²) in [5.41, 5.74) is 6.90. The maximum Gasteiger partial charge on any atom is 0.190 e. The van der Waals surface area contributed by atoms with E-state index in [1.165, 1.54) is 5.57 Å². The molecule has 4 aliphatic rings. The van der Waals surface area contributed by atoms with Crippen LogP contribution in [0.5, 0.6) is 0 Å². The van der Waals surface area contributed by atoms with Crippen LogP contribution in [0.2, 0.25) is 0 Å². The lowest BCUT2D eigenvalue weighted by molar-refractivity contribution is 0.201. The Hall–Kier alpha value is -2.20. The Morgan fingerprint density at radius 3 is 3.10 bits per heavy atom. The van der Waals surface area contributed by atoms with Gasteiger partial charge in [0.2, 0.25) is 0 Å². The molecule has 4 nitrogen and oxygen atoms in total. The van der Waals surface area contributed by atoms with Gasteiger partial charge in [-0.05, 0) is 23.8 Å². The number of methoxy groups -OCH3 is 1. The molecule has 2 aliphatic carbocycles. The SMILES string of the molecule is COC1=CC23C=CC(N)C=C2OC2=CC=CC(=CN1C)C23. The first-order chi connectivity index (χ1) is 10.1. The van der Waals surface area contributed by atoms with Crippen LogP contribution >= 0.6 is 0 Å². The van der Waals surface area contributed by atoms with Crippen LogP contribution in [0.15, 0.2) is 71.7 Å². The van der Waals surface area contributed by atoms with Gasteiger partial charge in [-0.15, -0.1) is 0 Å². The number of rotatable bonds is 1. The average molecular weight is 282 g/mol. The Balaban J connectivity index is 1.98. The van der Waals surface area contributed by atoms with Gasteiger partial charge in [-0.25, -0.2) is 0 Å². The van der Waals surface area contributed by atoms with E-state index in [0.717, 1.165) is 17.4 Å². The molecular weight excluding hydrogens is 264 g/mol. The second kappa shape index (κ2) is 4.15. The van der Waals surface area contributed by atoms with Crippen molar-refractivity contribution in [2.24, 2.45) is 17.1 Å². The zero-order valence-electron chi connectivity index (χ0n) is 12.1. The summed E-state index contributed by atoms with van der Waals surface area (Å²) in [4.78, 5) is 2.01. The van der Waals surface area contributed by atoms with Gasteiger partial charge in [0.1, 0.15) is 11.5 Å². The maximum atomic E-state index is 6.11. The van der Waals surface area contributed by atoms with Crippen LogP contribution in [-0.4, -0.2) is 25.1 Å². The second-order valence-corrected chi connectivity index (χ2v) is 5.79. The van der Waals surface area contributed by atoms with E-state index in [9.17, 15) is 0 Å². The molecule has 2 heterocycles. The highest BCUT2D eigenvalue weighted by molar-refractivity contribution is 5.52. The Morgan fingerprint density at radius 2 is 2.29 bits per heavy atom. The lowest BCUT2D eigenvalue weighted by atomic mass is 9.68. The van der Waals surface area contributed by atoms with Gasteiger partial charge >= 0.3 is 0 Å². The molecule has 0 saturated carbocycles. The van der Waals surface area contributed by atoms with E-state index >= 15 is 0 Å². The van der Waals surface area contributed by atoms with Crippen molar-refractivity contribution < 1.29 is 9.47 Å². The number of hydrogen-bond donors (Lipinski definition) is 1. The minimum atomic E-state index is -0.339. The largest absolute Gasteiger partial charge is 0.482 e. The number of hydrogen-bond acceptors (Lipinski definition) is 4. The lowest BCUT2D eigenvalue weighted by Crippen LogP contribution is -2.30.